The Balaban J connectivity index is 1.41. The first-order chi connectivity index (χ1) is 15.2. The predicted octanol–water partition coefficient (Wildman–Crippen LogP) is 1.85. The molecule has 170 valence electrons. The van der Waals surface area contributed by atoms with Crippen molar-refractivity contribution < 1.29 is 22.7 Å². The lowest BCUT2D eigenvalue weighted by Crippen LogP contribution is -2.36. The van der Waals surface area contributed by atoms with E-state index in [1.54, 1.807) is 20.0 Å². The van der Waals surface area contributed by atoms with Crippen LogP contribution in [-0.4, -0.2) is 56.8 Å². The van der Waals surface area contributed by atoms with Crippen molar-refractivity contribution in [2.45, 2.75) is 33.0 Å². The highest BCUT2D eigenvalue weighted by Gasteiger charge is 2.37. The van der Waals surface area contributed by atoms with Gasteiger partial charge in [0.15, 0.2) is 0 Å². The van der Waals surface area contributed by atoms with Gasteiger partial charge in [0.2, 0.25) is 5.91 Å². The summed E-state index contributed by atoms with van der Waals surface area (Å²) in [4.78, 5) is 26.6. The van der Waals surface area contributed by atoms with Crippen molar-refractivity contribution in [1.82, 2.24) is 29.9 Å². The smallest absolute Gasteiger partial charge is 0.378 e. The summed E-state index contributed by atoms with van der Waals surface area (Å²) < 4.78 is 45.1. The monoisotopic (exact) mass is 449 g/mol. The van der Waals surface area contributed by atoms with Crippen LogP contribution in [0.25, 0.3) is 5.78 Å². The van der Waals surface area contributed by atoms with Crippen molar-refractivity contribution in [3.05, 3.63) is 46.7 Å². The molecule has 4 heterocycles. The number of carbonyl (C=O) groups excluding carboxylic acids is 1. The summed E-state index contributed by atoms with van der Waals surface area (Å²) in [5.41, 5.74) is 2.17. The van der Waals surface area contributed by atoms with E-state index in [4.69, 9.17) is 4.74 Å². The van der Waals surface area contributed by atoms with Gasteiger partial charge in [0.25, 0.3) is 11.6 Å². The van der Waals surface area contributed by atoms with Crippen molar-refractivity contribution in [2.24, 2.45) is 0 Å². The van der Waals surface area contributed by atoms with Gasteiger partial charge in [-0.2, -0.15) is 18.2 Å². The van der Waals surface area contributed by atoms with E-state index < -0.39 is 12.0 Å². The number of amides is 1. The van der Waals surface area contributed by atoms with Crippen LogP contribution in [0, 0.1) is 13.8 Å². The van der Waals surface area contributed by atoms with Gasteiger partial charge in [-0.05, 0) is 25.5 Å². The highest BCUT2D eigenvalue weighted by Crippen LogP contribution is 2.27. The maximum atomic E-state index is 12.9. The van der Waals surface area contributed by atoms with Gasteiger partial charge in [-0.25, -0.2) is 14.5 Å². The minimum Gasteiger partial charge on any atom is -0.378 e. The number of carbonyl (C=O) groups is 1. The molecule has 1 saturated heterocycles. The van der Waals surface area contributed by atoms with E-state index in [-0.39, 0.29) is 24.7 Å². The quantitative estimate of drug-likeness (QED) is 0.635. The fourth-order valence-electron chi connectivity index (χ4n) is 3.51. The number of alkyl halides is 3. The third kappa shape index (κ3) is 4.64. The second kappa shape index (κ2) is 8.69. The first-order valence-corrected chi connectivity index (χ1v) is 10.1. The van der Waals surface area contributed by atoms with Gasteiger partial charge in [0.1, 0.15) is 5.82 Å². The second-order valence-electron chi connectivity index (χ2n) is 7.48. The van der Waals surface area contributed by atoms with Crippen molar-refractivity contribution in [3.63, 3.8) is 0 Å². The van der Waals surface area contributed by atoms with Crippen LogP contribution in [0.2, 0.25) is 0 Å². The number of morpholine rings is 1. The molecule has 32 heavy (non-hydrogen) atoms. The fourth-order valence-corrected chi connectivity index (χ4v) is 3.51. The Morgan fingerprint density at radius 1 is 1.19 bits per heavy atom. The number of hydrogen-bond donors (Lipinski definition) is 1. The number of aromatic nitrogens is 5. The number of halogens is 3. The molecule has 1 amide bonds. The SMILES string of the molecule is Cc1nc2nc(C(F)(F)F)nn2c(C)c1CC(=O)NCc1ccc(N2CCOCC2)nc1. The molecule has 0 bridgehead atoms. The summed E-state index contributed by atoms with van der Waals surface area (Å²) in [5, 5.41) is 6.31. The molecule has 4 rings (SSSR count). The standard InChI is InChI=1S/C20H22F3N7O2/c1-12-15(13(2)30-19(26-12)27-18(28-30)20(21,22)23)9-17(31)25-11-14-3-4-16(24-10-14)29-5-7-32-8-6-29/h3-4,10H,5-9,11H2,1-2H3,(H,25,31). The number of anilines is 1. The van der Waals surface area contributed by atoms with E-state index in [1.807, 2.05) is 12.1 Å². The van der Waals surface area contributed by atoms with E-state index in [0.29, 0.717) is 30.2 Å². The molecule has 1 aliphatic rings. The molecular formula is C20H22F3N7O2. The van der Waals surface area contributed by atoms with Crippen LogP contribution >= 0.6 is 0 Å². The Labute approximate surface area is 181 Å². The zero-order valence-corrected chi connectivity index (χ0v) is 17.6. The van der Waals surface area contributed by atoms with E-state index >= 15 is 0 Å². The molecule has 0 aromatic carbocycles. The average molecular weight is 449 g/mol. The van der Waals surface area contributed by atoms with Crippen molar-refractivity contribution in [2.75, 3.05) is 31.2 Å². The molecule has 1 N–H and O–H groups in total. The van der Waals surface area contributed by atoms with Gasteiger partial charge in [-0.15, -0.1) is 5.10 Å². The molecule has 0 radical (unpaired) electrons. The summed E-state index contributed by atoms with van der Waals surface area (Å²) in [5.74, 6) is -0.837. The van der Waals surface area contributed by atoms with Gasteiger partial charge in [0, 0.05) is 42.8 Å². The Bertz CT molecular complexity index is 1120. The summed E-state index contributed by atoms with van der Waals surface area (Å²) in [7, 11) is 0. The first kappa shape index (κ1) is 21.9. The molecule has 0 unspecified atom stereocenters. The molecule has 3 aromatic heterocycles. The summed E-state index contributed by atoms with van der Waals surface area (Å²) in [6.45, 7) is 6.42. The fraction of sp³-hybridized carbons (Fsp3) is 0.450. The lowest BCUT2D eigenvalue weighted by Gasteiger charge is -2.27. The Morgan fingerprint density at radius 2 is 1.94 bits per heavy atom. The van der Waals surface area contributed by atoms with Crippen LogP contribution in [0.1, 0.15) is 28.3 Å². The number of pyridine rings is 1. The lowest BCUT2D eigenvalue weighted by atomic mass is 10.1. The Kier molecular flexibility index (Phi) is 5.96. The van der Waals surface area contributed by atoms with Gasteiger partial charge >= 0.3 is 6.18 Å². The normalized spacial score (nSPS) is 14.7. The number of fused-ring (bicyclic) bond motifs is 1. The third-order valence-electron chi connectivity index (χ3n) is 5.27. The summed E-state index contributed by atoms with van der Waals surface area (Å²) >= 11 is 0. The largest absolute Gasteiger partial charge is 0.453 e. The second-order valence-corrected chi connectivity index (χ2v) is 7.48. The van der Waals surface area contributed by atoms with Gasteiger partial charge in [-0.3, -0.25) is 4.79 Å². The molecule has 12 heteroatoms. The first-order valence-electron chi connectivity index (χ1n) is 10.1. The zero-order chi connectivity index (χ0) is 22.9. The molecule has 3 aromatic rings. The van der Waals surface area contributed by atoms with E-state index in [0.717, 1.165) is 29.0 Å². The number of ether oxygens (including phenoxy) is 1. The highest BCUT2D eigenvalue weighted by molar-refractivity contribution is 5.79. The van der Waals surface area contributed by atoms with E-state index in [2.05, 4.69) is 30.3 Å². The molecular weight excluding hydrogens is 427 g/mol. The topological polar surface area (TPSA) is 97.5 Å². The number of nitrogens with zero attached hydrogens (tertiary/aromatic N) is 6. The maximum absolute atomic E-state index is 12.9. The molecule has 0 spiro atoms. The number of aryl methyl sites for hydroxylation is 2. The molecule has 0 saturated carbocycles. The van der Waals surface area contributed by atoms with E-state index in [1.165, 1.54) is 0 Å². The predicted molar refractivity (Wildman–Crippen MR) is 108 cm³/mol. The van der Waals surface area contributed by atoms with Crippen molar-refractivity contribution in [1.29, 1.82) is 0 Å². The molecule has 1 aliphatic heterocycles. The molecule has 0 aliphatic carbocycles. The maximum Gasteiger partial charge on any atom is 0.453 e. The summed E-state index contributed by atoms with van der Waals surface area (Å²) in [6, 6.07) is 3.80. The van der Waals surface area contributed by atoms with Crippen molar-refractivity contribution in [3.8, 4) is 0 Å². The zero-order valence-electron chi connectivity index (χ0n) is 17.6. The van der Waals surface area contributed by atoms with Crippen LogP contribution in [0.15, 0.2) is 18.3 Å². The summed E-state index contributed by atoms with van der Waals surface area (Å²) in [6.07, 6.45) is -3.00. The van der Waals surface area contributed by atoms with Crippen molar-refractivity contribution >= 4 is 17.5 Å². The Hall–Kier alpha value is -3.28. The average Bonchev–Trinajstić information content (AvgIpc) is 3.21. The van der Waals surface area contributed by atoms with Gasteiger partial charge in [0.05, 0.1) is 19.6 Å². The number of rotatable bonds is 5. The van der Waals surface area contributed by atoms with E-state index in [9.17, 15) is 18.0 Å². The van der Waals surface area contributed by atoms with Crippen LogP contribution < -0.4 is 10.2 Å². The van der Waals surface area contributed by atoms with Crippen LogP contribution in [0.5, 0.6) is 0 Å². The van der Waals surface area contributed by atoms with Crippen LogP contribution in [0.3, 0.4) is 0 Å². The minimum absolute atomic E-state index is 0.0406. The Morgan fingerprint density at radius 3 is 2.59 bits per heavy atom. The number of nitrogens with one attached hydrogen (secondary N) is 1. The minimum atomic E-state index is -4.67. The lowest BCUT2D eigenvalue weighted by molar-refractivity contribution is -0.144. The number of hydrogen-bond acceptors (Lipinski definition) is 7. The third-order valence-corrected chi connectivity index (χ3v) is 5.27. The highest BCUT2D eigenvalue weighted by atomic mass is 19.4. The van der Waals surface area contributed by atoms with Gasteiger partial charge in [-0.1, -0.05) is 6.07 Å². The molecule has 0 atom stereocenters. The molecule has 1 fully saturated rings. The van der Waals surface area contributed by atoms with Crippen LogP contribution in [0.4, 0.5) is 19.0 Å². The molecule has 9 nitrogen and oxygen atoms in total. The van der Waals surface area contributed by atoms with Gasteiger partial charge < -0.3 is 15.0 Å². The van der Waals surface area contributed by atoms with Crippen LogP contribution in [-0.2, 0) is 28.7 Å².